The lowest BCUT2D eigenvalue weighted by Crippen LogP contribution is -2.10. The van der Waals surface area contributed by atoms with Crippen molar-refractivity contribution in [1.82, 2.24) is 15.0 Å². The molecule has 1 aromatic heterocycles. The van der Waals surface area contributed by atoms with Gasteiger partial charge in [0.25, 0.3) is 0 Å². The number of halogens is 3. The fourth-order valence-electron chi connectivity index (χ4n) is 3.21. The van der Waals surface area contributed by atoms with E-state index in [-0.39, 0.29) is 5.56 Å². The smallest absolute Gasteiger partial charge is 0.416 e. The van der Waals surface area contributed by atoms with Crippen molar-refractivity contribution in [3.8, 4) is 28.1 Å². The van der Waals surface area contributed by atoms with Gasteiger partial charge in [-0.15, -0.1) is 5.10 Å². The molecule has 4 aromatic rings. The third kappa shape index (κ3) is 4.59. The summed E-state index contributed by atoms with van der Waals surface area (Å²) in [6.45, 7) is 0. The third-order valence-corrected chi connectivity index (χ3v) is 4.93. The molecule has 3 aromatic carbocycles. The Balaban J connectivity index is 1.71. The Morgan fingerprint density at radius 2 is 1.48 bits per heavy atom. The van der Waals surface area contributed by atoms with Crippen LogP contribution >= 0.6 is 0 Å². The molecule has 0 aliphatic carbocycles. The van der Waals surface area contributed by atoms with E-state index in [0.717, 1.165) is 12.1 Å². The van der Waals surface area contributed by atoms with E-state index in [4.69, 9.17) is 5.73 Å². The highest BCUT2D eigenvalue weighted by Crippen LogP contribution is 2.31. The van der Waals surface area contributed by atoms with Gasteiger partial charge < -0.3 is 10.8 Å². The Kier molecular flexibility index (Phi) is 5.42. The summed E-state index contributed by atoms with van der Waals surface area (Å²) >= 11 is 0. The number of aromatic nitrogens is 3. The first kappa shape index (κ1) is 21.8. The van der Waals surface area contributed by atoms with Crippen molar-refractivity contribution in [2.75, 3.05) is 0 Å². The van der Waals surface area contributed by atoms with E-state index in [1.165, 1.54) is 47.3 Å². The van der Waals surface area contributed by atoms with Crippen molar-refractivity contribution in [2.24, 2.45) is 5.73 Å². The third-order valence-electron chi connectivity index (χ3n) is 4.93. The van der Waals surface area contributed by atoms with Crippen LogP contribution in [0.2, 0.25) is 0 Å². The average Bonchev–Trinajstić information content (AvgIpc) is 3.29. The van der Waals surface area contributed by atoms with E-state index in [2.05, 4.69) is 10.3 Å². The molecule has 0 aliphatic rings. The summed E-state index contributed by atoms with van der Waals surface area (Å²) in [6.07, 6.45) is -2.96. The van der Waals surface area contributed by atoms with Gasteiger partial charge in [0.1, 0.15) is 5.69 Å². The van der Waals surface area contributed by atoms with Gasteiger partial charge in [-0.3, -0.25) is 4.79 Å². The Bertz CT molecular complexity index is 1340. The maximum atomic E-state index is 12.8. The monoisotopic (exact) mass is 452 g/mol. The number of benzene rings is 3. The number of carboxylic acid groups (broad SMARTS) is 1. The number of rotatable bonds is 5. The minimum absolute atomic E-state index is 0.00643. The van der Waals surface area contributed by atoms with Crippen LogP contribution in [0.1, 0.15) is 26.3 Å². The van der Waals surface area contributed by atoms with E-state index in [9.17, 15) is 27.9 Å². The number of nitrogens with two attached hydrogens (primary N) is 1. The van der Waals surface area contributed by atoms with Crippen molar-refractivity contribution < 1.29 is 27.9 Å². The second-order valence-corrected chi connectivity index (χ2v) is 7.14. The van der Waals surface area contributed by atoms with Crippen molar-refractivity contribution >= 4 is 11.9 Å². The summed E-state index contributed by atoms with van der Waals surface area (Å²) in [7, 11) is 0. The molecule has 0 radical (unpaired) electrons. The van der Waals surface area contributed by atoms with Crippen LogP contribution in [-0.4, -0.2) is 32.0 Å². The van der Waals surface area contributed by atoms with Crippen LogP contribution in [0, 0.1) is 0 Å². The summed E-state index contributed by atoms with van der Waals surface area (Å²) in [5.74, 6) is -1.74. The Morgan fingerprint density at radius 1 is 0.848 bits per heavy atom. The Hall–Kier alpha value is -4.47. The van der Waals surface area contributed by atoms with Gasteiger partial charge in [-0.1, -0.05) is 29.5 Å². The van der Waals surface area contributed by atoms with E-state index < -0.39 is 23.6 Å². The normalized spacial score (nSPS) is 11.4. The number of hydrogen-bond acceptors (Lipinski definition) is 4. The van der Waals surface area contributed by atoms with Gasteiger partial charge >= 0.3 is 12.1 Å². The van der Waals surface area contributed by atoms with Crippen LogP contribution in [0.3, 0.4) is 0 Å². The van der Waals surface area contributed by atoms with Crippen molar-refractivity contribution in [3.05, 3.63) is 89.6 Å². The predicted molar refractivity (Wildman–Crippen MR) is 113 cm³/mol. The van der Waals surface area contributed by atoms with E-state index >= 15 is 0 Å². The second kappa shape index (κ2) is 8.23. The predicted octanol–water partition coefficient (Wildman–Crippen LogP) is 4.42. The van der Waals surface area contributed by atoms with Gasteiger partial charge in [-0.2, -0.15) is 13.2 Å². The molecule has 3 N–H and O–H groups in total. The van der Waals surface area contributed by atoms with Gasteiger partial charge in [0.05, 0.1) is 23.0 Å². The second-order valence-electron chi connectivity index (χ2n) is 7.14. The highest BCUT2D eigenvalue weighted by molar-refractivity contribution is 5.94. The quantitative estimate of drug-likeness (QED) is 0.466. The zero-order valence-corrected chi connectivity index (χ0v) is 16.7. The number of aromatic carboxylic acids is 1. The van der Waals surface area contributed by atoms with Crippen LogP contribution in [0.5, 0.6) is 0 Å². The molecule has 4 rings (SSSR count). The molecule has 7 nitrogen and oxygen atoms in total. The number of hydrogen-bond donors (Lipinski definition) is 2. The molecular formula is C23H15F3N4O3. The number of primary amides is 1. The van der Waals surface area contributed by atoms with Crippen molar-refractivity contribution in [3.63, 3.8) is 0 Å². The average molecular weight is 452 g/mol. The number of amides is 1. The lowest BCUT2D eigenvalue weighted by atomic mass is 10.0. The fraction of sp³-hybridized carbons (Fsp3) is 0.0435. The van der Waals surface area contributed by atoms with E-state index in [0.29, 0.717) is 33.6 Å². The molecular weight excluding hydrogens is 437 g/mol. The number of carbonyl (C=O) groups is 2. The van der Waals surface area contributed by atoms with Crippen LogP contribution < -0.4 is 5.73 Å². The first-order valence-corrected chi connectivity index (χ1v) is 9.51. The molecule has 1 heterocycles. The maximum absolute atomic E-state index is 12.8. The number of carboxylic acids is 1. The first-order chi connectivity index (χ1) is 15.6. The van der Waals surface area contributed by atoms with E-state index in [1.807, 2.05) is 0 Å². The highest BCUT2D eigenvalue weighted by atomic mass is 19.4. The summed E-state index contributed by atoms with van der Waals surface area (Å²) < 4.78 is 39.7. The molecule has 0 bridgehead atoms. The van der Waals surface area contributed by atoms with Gasteiger partial charge in [0.2, 0.25) is 5.91 Å². The first-order valence-electron chi connectivity index (χ1n) is 9.51. The summed E-state index contributed by atoms with van der Waals surface area (Å²) in [5, 5.41) is 17.5. The van der Waals surface area contributed by atoms with Crippen LogP contribution in [0.25, 0.3) is 28.1 Å². The summed E-state index contributed by atoms with van der Waals surface area (Å²) in [6, 6.07) is 15.4. The number of nitrogens with zero attached hydrogens (tertiary/aromatic N) is 3. The maximum Gasteiger partial charge on any atom is 0.416 e. The molecule has 166 valence electrons. The molecule has 0 aliphatic heterocycles. The van der Waals surface area contributed by atoms with Gasteiger partial charge in [-0.25, -0.2) is 9.48 Å². The molecule has 0 atom stereocenters. The Morgan fingerprint density at radius 3 is 2.06 bits per heavy atom. The zero-order chi connectivity index (χ0) is 23.8. The largest absolute Gasteiger partial charge is 0.478 e. The number of carbonyl (C=O) groups excluding carboxylic acids is 1. The number of alkyl halides is 3. The topological polar surface area (TPSA) is 111 Å². The van der Waals surface area contributed by atoms with Crippen LogP contribution in [0.4, 0.5) is 13.2 Å². The molecule has 0 saturated carbocycles. The molecule has 0 saturated heterocycles. The van der Waals surface area contributed by atoms with Crippen molar-refractivity contribution in [1.29, 1.82) is 0 Å². The Labute approximate surface area is 184 Å². The van der Waals surface area contributed by atoms with Gasteiger partial charge in [0.15, 0.2) is 0 Å². The molecule has 0 spiro atoms. The molecule has 0 fully saturated rings. The fourth-order valence-corrected chi connectivity index (χ4v) is 3.21. The van der Waals surface area contributed by atoms with E-state index in [1.54, 1.807) is 18.2 Å². The standard InChI is InChI=1S/C23H15F3N4O3/c24-23(25,26)18-7-5-14(6-8-18)20-12-30(29-28-20)19-10-16(9-17(11-19)22(32)33)13-1-3-15(4-2-13)21(27)31/h1-12H,(H2,27,31)(H,32,33). The van der Waals surface area contributed by atoms with Gasteiger partial charge in [0, 0.05) is 11.1 Å². The van der Waals surface area contributed by atoms with Crippen LogP contribution in [-0.2, 0) is 6.18 Å². The molecule has 33 heavy (non-hydrogen) atoms. The lowest BCUT2D eigenvalue weighted by molar-refractivity contribution is -0.137. The minimum Gasteiger partial charge on any atom is -0.478 e. The van der Waals surface area contributed by atoms with Gasteiger partial charge in [-0.05, 0) is 53.6 Å². The zero-order valence-electron chi connectivity index (χ0n) is 16.7. The molecule has 0 unspecified atom stereocenters. The van der Waals surface area contributed by atoms with Crippen molar-refractivity contribution in [2.45, 2.75) is 6.18 Å². The highest BCUT2D eigenvalue weighted by Gasteiger charge is 2.30. The summed E-state index contributed by atoms with van der Waals surface area (Å²) in [4.78, 5) is 22.9. The molecule has 1 amide bonds. The minimum atomic E-state index is -4.44. The SMILES string of the molecule is NC(=O)c1ccc(-c2cc(C(=O)O)cc(-n3cc(-c4ccc(C(F)(F)F)cc4)nn3)c2)cc1. The summed E-state index contributed by atoms with van der Waals surface area (Å²) in [5.41, 5.74) is 7.10. The molecule has 10 heteroatoms. The lowest BCUT2D eigenvalue weighted by Gasteiger charge is -2.08. The van der Waals surface area contributed by atoms with Crippen LogP contribution in [0.15, 0.2) is 72.9 Å².